The van der Waals surface area contributed by atoms with Crippen LogP contribution < -0.4 is 0 Å². The summed E-state index contributed by atoms with van der Waals surface area (Å²) in [5.41, 5.74) is -1.84. The third-order valence-electron chi connectivity index (χ3n) is 9.50. The highest BCUT2D eigenvalue weighted by Gasteiger charge is 2.75. The number of carbonyl (C=O) groups excluding carboxylic acids is 3. The lowest BCUT2D eigenvalue weighted by Gasteiger charge is -2.40. The van der Waals surface area contributed by atoms with E-state index in [4.69, 9.17) is 14.2 Å². The minimum Gasteiger partial charge on any atom is -0.465 e. The second kappa shape index (κ2) is 11.9. The lowest BCUT2D eigenvalue weighted by molar-refractivity contribution is -0.161. The van der Waals surface area contributed by atoms with E-state index in [-0.39, 0.29) is 25.0 Å². The lowest BCUT2D eigenvalue weighted by Crippen LogP contribution is -2.57. The van der Waals surface area contributed by atoms with Crippen LogP contribution in [-0.4, -0.2) is 114 Å². The fourth-order valence-electron chi connectivity index (χ4n) is 7.44. The molecule has 5 aliphatic heterocycles. The van der Waals surface area contributed by atoms with E-state index < -0.39 is 41.1 Å². The van der Waals surface area contributed by atoms with Crippen LogP contribution in [0.3, 0.4) is 0 Å². The molecule has 0 radical (unpaired) electrons. The number of esters is 1. The van der Waals surface area contributed by atoms with Gasteiger partial charge in [-0.2, -0.15) is 0 Å². The normalized spacial score (nSPS) is 35.2. The van der Waals surface area contributed by atoms with E-state index in [9.17, 15) is 19.5 Å². The second-order valence-electron chi connectivity index (χ2n) is 12.1. The molecule has 0 aliphatic carbocycles. The summed E-state index contributed by atoms with van der Waals surface area (Å²) in [6.45, 7) is 6.15. The highest BCUT2D eigenvalue weighted by atomic mass is 16.6. The first-order chi connectivity index (χ1) is 20.4. The number of hydrogen-bond acceptors (Lipinski definition) is 8. The molecular formula is C32H41N3O7. The average Bonchev–Trinajstić information content (AvgIpc) is 3.33. The van der Waals surface area contributed by atoms with Gasteiger partial charge in [-0.05, 0) is 31.7 Å². The average molecular weight is 580 g/mol. The molecule has 1 N–H and O–H groups in total. The predicted molar refractivity (Wildman–Crippen MR) is 153 cm³/mol. The predicted octanol–water partition coefficient (Wildman–Crippen LogP) is 1.70. The van der Waals surface area contributed by atoms with Crippen molar-refractivity contribution >= 4 is 17.8 Å². The molecule has 10 heteroatoms. The summed E-state index contributed by atoms with van der Waals surface area (Å²) < 4.78 is 18.1. The van der Waals surface area contributed by atoms with Crippen LogP contribution in [0.15, 0.2) is 54.6 Å². The van der Waals surface area contributed by atoms with Gasteiger partial charge >= 0.3 is 5.97 Å². The van der Waals surface area contributed by atoms with Crippen molar-refractivity contribution in [3.8, 4) is 0 Å². The SMILES string of the molecule is C[C@@]12/C=C\CCCCOC(=O)[C@@H]1[C@H]1C(=O)N([C@H](CO)c3ccccc3)C3C(=O)N(CCN4CCOCC4)CC=C[C@@]31O2. The summed E-state index contributed by atoms with van der Waals surface area (Å²) in [5.74, 6) is -3.05. The van der Waals surface area contributed by atoms with Crippen molar-refractivity contribution in [3.05, 3.63) is 60.2 Å². The minimum atomic E-state index is -1.40. The summed E-state index contributed by atoms with van der Waals surface area (Å²) in [6.07, 6.45) is 10.0. The number of carbonyl (C=O) groups is 3. The van der Waals surface area contributed by atoms with Crippen molar-refractivity contribution in [2.75, 3.05) is 59.2 Å². The van der Waals surface area contributed by atoms with Gasteiger partial charge in [0, 0.05) is 32.7 Å². The van der Waals surface area contributed by atoms with E-state index in [1.165, 1.54) is 4.90 Å². The molecule has 3 fully saturated rings. The number of allylic oxidation sites excluding steroid dienone is 1. The van der Waals surface area contributed by atoms with Crippen molar-refractivity contribution in [2.24, 2.45) is 11.8 Å². The number of morpholine rings is 1. The topological polar surface area (TPSA) is 109 Å². The molecule has 2 amide bonds. The second-order valence-corrected chi connectivity index (χ2v) is 12.1. The van der Waals surface area contributed by atoms with Gasteiger partial charge in [0.25, 0.3) is 0 Å². The summed E-state index contributed by atoms with van der Waals surface area (Å²) in [7, 11) is 0. The molecule has 6 rings (SSSR count). The molecule has 0 aromatic heterocycles. The first-order valence-electron chi connectivity index (χ1n) is 15.2. The Morgan fingerprint density at radius 2 is 1.74 bits per heavy atom. The summed E-state index contributed by atoms with van der Waals surface area (Å²) in [5, 5.41) is 10.7. The molecule has 0 bridgehead atoms. The quantitative estimate of drug-likeness (QED) is 0.401. The molecule has 6 atom stereocenters. The van der Waals surface area contributed by atoms with Crippen LogP contribution in [0.2, 0.25) is 0 Å². The molecular weight excluding hydrogens is 538 g/mol. The van der Waals surface area contributed by atoms with Gasteiger partial charge in [-0.3, -0.25) is 19.3 Å². The highest BCUT2D eigenvalue weighted by Crippen LogP contribution is 2.58. The Labute approximate surface area is 246 Å². The Balaban J connectivity index is 1.43. The first-order valence-corrected chi connectivity index (χ1v) is 15.2. The van der Waals surface area contributed by atoms with Crippen LogP contribution in [0.1, 0.15) is 37.8 Å². The van der Waals surface area contributed by atoms with Gasteiger partial charge < -0.3 is 29.1 Å². The number of ether oxygens (including phenoxy) is 3. The molecule has 1 unspecified atom stereocenters. The molecule has 0 saturated carbocycles. The number of likely N-dealkylation sites (tertiary alicyclic amines) is 1. The van der Waals surface area contributed by atoms with E-state index in [1.807, 2.05) is 61.6 Å². The van der Waals surface area contributed by atoms with Gasteiger partial charge in [-0.1, -0.05) is 54.6 Å². The number of hydrogen-bond donors (Lipinski definition) is 1. The highest BCUT2D eigenvalue weighted by molar-refractivity contribution is 5.99. The minimum absolute atomic E-state index is 0.247. The number of cyclic esters (lactones) is 1. The third kappa shape index (κ3) is 4.98. The van der Waals surface area contributed by atoms with E-state index >= 15 is 0 Å². The molecule has 1 spiro atoms. The number of fused-ring (bicyclic) bond motifs is 2. The van der Waals surface area contributed by atoms with Crippen molar-refractivity contribution in [1.29, 1.82) is 0 Å². The van der Waals surface area contributed by atoms with Gasteiger partial charge in [0.1, 0.15) is 17.6 Å². The Bertz CT molecular complexity index is 1230. The molecule has 3 saturated heterocycles. The maximum atomic E-state index is 14.7. The maximum Gasteiger partial charge on any atom is 0.313 e. The number of amides is 2. The summed E-state index contributed by atoms with van der Waals surface area (Å²) in [6, 6.07) is 7.38. The Morgan fingerprint density at radius 1 is 0.952 bits per heavy atom. The molecule has 226 valence electrons. The number of benzene rings is 1. The molecule has 1 aromatic rings. The zero-order valence-corrected chi connectivity index (χ0v) is 24.2. The molecule has 5 aliphatic rings. The van der Waals surface area contributed by atoms with Gasteiger partial charge in [0.2, 0.25) is 11.8 Å². The van der Waals surface area contributed by atoms with Crippen LogP contribution >= 0.6 is 0 Å². The van der Waals surface area contributed by atoms with Crippen molar-refractivity contribution < 1.29 is 33.7 Å². The Hall–Kier alpha value is -3.05. The smallest absolute Gasteiger partial charge is 0.313 e. The maximum absolute atomic E-state index is 14.7. The van der Waals surface area contributed by atoms with Crippen molar-refractivity contribution in [1.82, 2.24) is 14.7 Å². The zero-order chi connectivity index (χ0) is 29.3. The Morgan fingerprint density at radius 3 is 2.50 bits per heavy atom. The largest absolute Gasteiger partial charge is 0.465 e. The monoisotopic (exact) mass is 579 g/mol. The first kappa shape index (κ1) is 29.0. The summed E-state index contributed by atoms with van der Waals surface area (Å²) >= 11 is 0. The van der Waals surface area contributed by atoms with Gasteiger partial charge in [-0.15, -0.1) is 0 Å². The van der Waals surface area contributed by atoms with E-state index in [2.05, 4.69) is 4.90 Å². The fraction of sp³-hybridized carbons (Fsp3) is 0.594. The van der Waals surface area contributed by atoms with Gasteiger partial charge in [0.05, 0.1) is 44.0 Å². The Kier molecular flexibility index (Phi) is 8.24. The van der Waals surface area contributed by atoms with Crippen molar-refractivity contribution in [2.45, 2.75) is 49.5 Å². The number of nitrogens with zero attached hydrogens (tertiary/aromatic N) is 3. The number of aliphatic hydroxyl groups excluding tert-OH is 1. The van der Waals surface area contributed by atoms with Crippen LogP contribution in [0.4, 0.5) is 0 Å². The zero-order valence-electron chi connectivity index (χ0n) is 24.2. The standard InChI is InChI=1S/C32H41N3O7/c1-31-12-7-2-3-8-19-41-30(39)26(31)25-28(37)35(24(22-36)23-10-5-4-6-11-23)27-29(38)34(14-9-13-32(25,27)42-31)16-15-33-17-20-40-21-18-33/h4-7,9-13,24-27,36H,2-3,8,14-22H2,1H3/b12-7-/t24-,25+,26+,27?,31-,32+/m1/s1. The van der Waals surface area contributed by atoms with Crippen molar-refractivity contribution in [3.63, 3.8) is 0 Å². The molecule has 5 heterocycles. The third-order valence-corrected chi connectivity index (χ3v) is 9.50. The molecule has 42 heavy (non-hydrogen) atoms. The molecule has 10 nitrogen and oxygen atoms in total. The van der Waals surface area contributed by atoms with Crippen LogP contribution in [0, 0.1) is 11.8 Å². The lowest BCUT2D eigenvalue weighted by atomic mass is 9.74. The number of aliphatic hydroxyl groups is 1. The van der Waals surface area contributed by atoms with Crippen LogP contribution in [0.5, 0.6) is 0 Å². The van der Waals surface area contributed by atoms with E-state index in [0.29, 0.717) is 38.4 Å². The molecule has 1 aromatic carbocycles. The van der Waals surface area contributed by atoms with E-state index in [1.54, 1.807) is 4.90 Å². The van der Waals surface area contributed by atoms with Crippen LogP contribution in [0.25, 0.3) is 0 Å². The van der Waals surface area contributed by atoms with Crippen LogP contribution in [-0.2, 0) is 28.6 Å². The van der Waals surface area contributed by atoms with Gasteiger partial charge in [-0.25, -0.2) is 0 Å². The fourth-order valence-corrected chi connectivity index (χ4v) is 7.44. The summed E-state index contributed by atoms with van der Waals surface area (Å²) in [4.78, 5) is 48.5. The van der Waals surface area contributed by atoms with Gasteiger partial charge in [0.15, 0.2) is 0 Å². The number of rotatable bonds is 6. The van der Waals surface area contributed by atoms with E-state index in [0.717, 1.165) is 32.4 Å².